The minimum Gasteiger partial charge on any atom is -0.493 e. The summed E-state index contributed by atoms with van der Waals surface area (Å²) in [6.45, 7) is 0. The fourth-order valence-electron chi connectivity index (χ4n) is 2.72. The van der Waals surface area contributed by atoms with E-state index < -0.39 is 10.0 Å². The normalized spacial score (nSPS) is 11.7. The summed E-state index contributed by atoms with van der Waals surface area (Å²) in [6.07, 6.45) is 1.61. The maximum Gasteiger partial charge on any atom is 0.238 e. The van der Waals surface area contributed by atoms with Crippen LogP contribution in [0.25, 0.3) is 23.0 Å². The van der Waals surface area contributed by atoms with Gasteiger partial charge in [0, 0.05) is 5.56 Å². The number of nitrogens with two attached hydrogens (primary N) is 1. The first-order valence-corrected chi connectivity index (χ1v) is 9.97. The van der Waals surface area contributed by atoms with Gasteiger partial charge in [-0.2, -0.15) is 5.26 Å². The number of allylic oxidation sites excluding steroid dienone is 1. The molecule has 0 saturated heterocycles. The van der Waals surface area contributed by atoms with E-state index in [1.807, 2.05) is 0 Å². The zero-order chi connectivity index (χ0) is 21.0. The molecule has 7 nitrogen and oxygen atoms in total. The van der Waals surface area contributed by atoms with Gasteiger partial charge in [-0.1, -0.05) is 0 Å². The van der Waals surface area contributed by atoms with Gasteiger partial charge in [0.05, 0.1) is 30.8 Å². The summed E-state index contributed by atoms with van der Waals surface area (Å²) in [5, 5.41) is 14.7. The van der Waals surface area contributed by atoms with Gasteiger partial charge in [-0.05, 0) is 66.2 Å². The third-order valence-electron chi connectivity index (χ3n) is 4.20. The molecule has 0 saturated carbocycles. The highest BCUT2D eigenvalue weighted by Crippen LogP contribution is 2.31. The minimum atomic E-state index is -3.75. The Morgan fingerprint density at radius 1 is 1.03 bits per heavy atom. The molecule has 3 rings (SSSR count). The molecule has 0 radical (unpaired) electrons. The molecule has 0 aliphatic heterocycles. The number of hydrogen-bond donors (Lipinski definition) is 1. The molecule has 0 aliphatic rings. The Labute approximate surface area is 168 Å². The monoisotopic (exact) mass is 410 g/mol. The van der Waals surface area contributed by atoms with E-state index in [4.69, 9.17) is 19.0 Å². The summed E-state index contributed by atoms with van der Waals surface area (Å²) in [5.41, 5.74) is 1.72. The number of rotatable bonds is 6. The number of primary sulfonamides is 1. The van der Waals surface area contributed by atoms with Crippen LogP contribution in [-0.2, 0) is 10.0 Å². The third-order valence-corrected chi connectivity index (χ3v) is 5.12. The zero-order valence-electron chi connectivity index (χ0n) is 15.7. The molecule has 2 N–H and O–H groups in total. The molecule has 8 heteroatoms. The fourth-order valence-corrected chi connectivity index (χ4v) is 3.24. The Bertz CT molecular complexity index is 1200. The summed E-state index contributed by atoms with van der Waals surface area (Å²) in [4.78, 5) is 0.0214. The van der Waals surface area contributed by atoms with Crippen LogP contribution < -0.4 is 14.6 Å². The molecule has 3 aromatic rings. The van der Waals surface area contributed by atoms with Gasteiger partial charge in [-0.25, -0.2) is 13.6 Å². The Morgan fingerprint density at radius 3 is 2.31 bits per heavy atom. The first kappa shape index (κ1) is 20.2. The second kappa shape index (κ2) is 8.22. The number of furan rings is 1. The van der Waals surface area contributed by atoms with Crippen molar-refractivity contribution in [3.8, 4) is 28.9 Å². The number of nitrogens with zero attached hydrogens (tertiary/aromatic N) is 1. The van der Waals surface area contributed by atoms with Crippen LogP contribution in [0.4, 0.5) is 0 Å². The molecule has 0 spiro atoms. The van der Waals surface area contributed by atoms with Gasteiger partial charge in [0.1, 0.15) is 11.5 Å². The van der Waals surface area contributed by atoms with Crippen LogP contribution in [0.15, 0.2) is 63.9 Å². The largest absolute Gasteiger partial charge is 0.493 e. The standard InChI is InChI=1S/C21H18N2O5S/c1-26-20-9-5-15(12-21(20)27-2)16(13-22)11-17-6-10-19(28-17)14-3-7-18(8-4-14)29(23,24)25/h3-12H,1-2H3,(H2,23,24,25). The van der Waals surface area contributed by atoms with E-state index in [-0.39, 0.29) is 4.90 Å². The topological polar surface area (TPSA) is 116 Å². The lowest BCUT2D eigenvalue weighted by Gasteiger charge is -2.08. The van der Waals surface area contributed by atoms with Crippen LogP contribution in [0.3, 0.4) is 0 Å². The van der Waals surface area contributed by atoms with Crippen LogP contribution >= 0.6 is 0 Å². The molecule has 0 bridgehead atoms. The first-order chi connectivity index (χ1) is 13.9. The summed E-state index contributed by atoms with van der Waals surface area (Å²) >= 11 is 0. The molecular formula is C21H18N2O5S. The van der Waals surface area contributed by atoms with Crippen molar-refractivity contribution in [2.45, 2.75) is 4.90 Å². The van der Waals surface area contributed by atoms with Crippen molar-refractivity contribution in [1.82, 2.24) is 0 Å². The van der Waals surface area contributed by atoms with Crippen LogP contribution in [0, 0.1) is 11.3 Å². The van der Waals surface area contributed by atoms with Gasteiger partial charge in [0.25, 0.3) is 0 Å². The molecule has 2 aromatic carbocycles. The lowest BCUT2D eigenvalue weighted by atomic mass is 10.1. The highest BCUT2D eigenvalue weighted by Gasteiger charge is 2.11. The zero-order valence-corrected chi connectivity index (χ0v) is 16.6. The summed E-state index contributed by atoms with van der Waals surface area (Å²) in [6, 6.07) is 16.8. The van der Waals surface area contributed by atoms with E-state index >= 15 is 0 Å². The lowest BCUT2D eigenvalue weighted by Crippen LogP contribution is -2.11. The SMILES string of the molecule is COc1ccc(C(C#N)=Cc2ccc(-c3ccc(S(N)(=O)=O)cc3)o2)cc1OC. The van der Waals surface area contributed by atoms with E-state index in [1.165, 1.54) is 19.2 Å². The van der Waals surface area contributed by atoms with Crippen LogP contribution in [0.1, 0.15) is 11.3 Å². The maximum atomic E-state index is 11.4. The van der Waals surface area contributed by atoms with Gasteiger partial charge in [-0.3, -0.25) is 0 Å². The van der Waals surface area contributed by atoms with Crippen molar-refractivity contribution in [2.24, 2.45) is 5.14 Å². The van der Waals surface area contributed by atoms with Gasteiger partial charge in [0.2, 0.25) is 10.0 Å². The Balaban J connectivity index is 1.91. The van der Waals surface area contributed by atoms with Crippen molar-refractivity contribution in [3.05, 3.63) is 65.9 Å². The highest BCUT2D eigenvalue weighted by molar-refractivity contribution is 7.89. The molecule has 29 heavy (non-hydrogen) atoms. The summed E-state index contributed by atoms with van der Waals surface area (Å²) < 4.78 is 39.0. The molecule has 0 fully saturated rings. The maximum absolute atomic E-state index is 11.4. The second-order valence-corrected chi connectivity index (χ2v) is 7.57. The number of sulfonamides is 1. The predicted octanol–water partition coefficient (Wildman–Crippen LogP) is 3.68. The van der Waals surface area contributed by atoms with Crippen molar-refractivity contribution < 1.29 is 22.3 Å². The number of methoxy groups -OCH3 is 2. The number of nitriles is 1. The van der Waals surface area contributed by atoms with E-state index in [2.05, 4.69) is 6.07 Å². The minimum absolute atomic E-state index is 0.0214. The van der Waals surface area contributed by atoms with Gasteiger partial charge >= 0.3 is 0 Å². The number of ether oxygens (including phenoxy) is 2. The Hall–Kier alpha value is -3.54. The molecule has 0 atom stereocenters. The molecule has 1 heterocycles. The van der Waals surface area contributed by atoms with Gasteiger partial charge in [-0.15, -0.1) is 0 Å². The summed E-state index contributed by atoms with van der Waals surface area (Å²) in [7, 11) is -0.687. The second-order valence-electron chi connectivity index (χ2n) is 6.01. The smallest absolute Gasteiger partial charge is 0.238 e. The molecule has 0 unspecified atom stereocenters. The molecular weight excluding hydrogens is 392 g/mol. The Morgan fingerprint density at radius 2 is 1.72 bits per heavy atom. The van der Waals surface area contributed by atoms with Crippen LogP contribution in [0.2, 0.25) is 0 Å². The molecule has 148 valence electrons. The highest BCUT2D eigenvalue weighted by atomic mass is 32.2. The van der Waals surface area contributed by atoms with E-state index in [1.54, 1.807) is 55.7 Å². The molecule has 0 amide bonds. The van der Waals surface area contributed by atoms with Gasteiger partial charge < -0.3 is 13.9 Å². The van der Waals surface area contributed by atoms with Crippen LogP contribution in [0.5, 0.6) is 11.5 Å². The average molecular weight is 410 g/mol. The quantitative estimate of drug-likeness (QED) is 0.620. The third kappa shape index (κ3) is 4.48. The van der Waals surface area contributed by atoms with Crippen LogP contribution in [-0.4, -0.2) is 22.6 Å². The molecule has 0 aliphatic carbocycles. The van der Waals surface area contributed by atoms with Crippen molar-refractivity contribution >= 4 is 21.7 Å². The number of benzene rings is 2. The first-order valence-electron chi connectivity index (χ1n) is 8.43. The average Bonchev–Trinajstić information content (AvgIpc) is 3.19. The predicted molar refractivity (Wildman–Crippen MR) is 109 cm³/mol. The summed E-state index contributed by atoms with van der Waals surface area (Å²) in [5.74, 6) is 2.08. The van der Waals surface area contributed by atoms with Gasteiger partial charge in [0.15, 0.2) is 11.5 Å². The van der Waals surface area contributed by atoms with E-state index in [9.17, 15) is 13.7 Å². The Kier molecular flexibility index (Phi) is 5.73. The van der Waals surface area contributed by atoms with E-state index in [0.717, 1.165) is 0 Å². The van der Waals surface area contributed by atoms with Crippen molar-refractivity contribution in [3.63, 3.8) is 0 Å². The molecule has 1 aromatic heterocycles. The fraction of sp³-hybridized carbons (Fsp3) is 0.0952. The van der Waals surface area contributed by atoms with Crippen molar-refractivity contribution in [2.75, 3.05) is 14.2 Å². The van der Waals surface area contributed by atoms with E-state index in [0.29, 0.717) is 39.7 Å². The number of hydrogen-bond acceptors (Lipinski definition) is 6. The van der Waals surface area contributed by atoms with Crippen molar-refractivity contribution in [1.29, 1.82) is 5.26 Å². The lowest BCUT2D eigenvalue weighted by molar-refractivity contribution is 0.355.